The van der Waals surface area contributed by atoms with Gasteiger partial charge in [0.05, 0.1) is 41.1 Å². The molecule has 24 heteroatoms. The molecular formula is C60H78ClF3N5O11PS3. The summed E-state index contributed by atoms with van der Waals surface area (Å²) in [6.45, 7) is 19.9. The van der Waals surface area contributed by atoms with Crippen LogP contribution in [0.1, 0.15) is 96.7 Å². The van der Waals surface area contributed by atoms with Crippen molar-refractivity contribution >= 4 is 68.3 Å². The Kier molecular flexibility index (Phi) is 23.1. The Labute approximate surface area is 503 Å². The number of alkyl halides is 3. The summed E-state index contributed by atoms with van der Waals surface area (Å²) in [7, 11) is -15.2. The minimum absolute atomic E-state index is 0.0629. The molecule has 0 saturated carbocycles. The van der Waals surface area contributed by atoms with Crippen LogP contribution in [0.4, 0.5) is 24.5 Å². The van der Waals surface area contributed by atoms with Crippen LogP contribution in [0, 0.1) is 5.92 Å². The highest BCUT2D eigenvalue weighted by molar-refractivity contribution is 7.99. The van der Waals surface area contributed by atoms with E-state index in [0.29, 0.717) is 75.5 Å². The molecular weight excluding hydrogens is 1190 g/mol. The molecule has 3 atom stereocenters. The van der Waals surface area contributed by atoms with Crippen molar-refractivity contribution in [3.63, 3.8) is 0 Å². The number of hydrogen-bond acceptors (Lipinski definition) is 16. The predicted octanol–water partition coefficient (Wildman–Crippen LogP) is 13.1. The van der Waals surface area contributed by atoms with E-state index in [1.54, 1.807) is 53.7 Å². The first-order valence-electron chi connectivity index (χ1n) is 28.1. The van der Waals surface area contributed by atoms with Crippen LogP contribution < -0.4 is 14.9 Å². The van der Waals surface area contributed by atoms with Crippen molar-refractivity contribution in [1.29, 1.82) is 0 Å². The number of carbonyl (C=O) groups is 1. The third-order valence-corrected chi connectivity index (χ3v) is 20.5. The number of sulfone groups is 1. The fraction of sp³-hybridized carbons (Fsp3) is 0.483. The zero-order chi connectivity index (χ0) is 61.1. The van der Waals surface area contributed by atoms with Gasteiger partial charge in [0.25, 0.3) is 25.8 Å². The number of halogens is 4. The quantitative estimate of drug-likeness (QED) is 0.0303. The number of sulfonamides is 1. The van der Waals surface area contributed by atoms with Crippen LogP contribution in [0.3, 0.4) is 0 Å². The summed E-state index contributed by atoms with van der Waals surface area (Å²) in [6.07, 6.45) is 1.08. The van der Waals surface area contributed by atoms with E-state index in [0.717, 1.165) is 59.0 Å². The molecule has 2 N–H and O–H groups in total. The highest BCUT2D eigenvalue weighted by Crippen LogP contribution is 2.56. The van der Waals surface area contributed by atoms with E-state index in [4.69, 9.17) is 34.6 Å². The summed E-state index contributed by atoms with van der Waals surface area (Å²) in [5.41, 5.74) is -4.62. The van der Waals surface area contributed by atoms with Gasteiger partial charge in [-0.05, 0) is 163 Å². The number of phosphoric ester groups is 1. The monoisotopic (exact) mass is 1260 g/mol. The average Bonchev–Trinajstić information content (AvgIpc) is 1.49. The normalized spacial score (nSPS) is 17.1. The van der Waals surface area contributed by atoms with E-state index in [9.17, 15) is 39.4 Å². The first kappa shape index (κ1) is 67.0. The van der Waals surface area contributed by atoms with Gasteiger partial charge < -0.3 is 24.6 Å². The summed E-state index contributed by atoms with van der Waals surface area (Å²) in [5.74, 6) is -0.836. The smallest absolute Gasteiger partial charge is 0.380 e. The van der Waals surface area contributed by atoms with Gasteiger partial charge in [0, 0.05) is 71.7 Å². The van der Waals surface area contributed by atoms with E-state index in [1.807, 2.05) is 83.6 Å². The van der Waals surface area contributed by atoms with Crippen molar-refractivity contribution in [2.24, 2.45) is 5.92 Å². The summed E-state index contributed by atoms with van der Waals surface area (Å²) in [5, 5.41) is 3.64. The van der Waals surface area contributed by atoms with Crippen LogP contribution in [0.2, 0.25) is 5.02 Å². The summed E-state index contributed by atoms with van der Waals surface area (Å²) >= 11 is 7.71. The molecule has 0 radical (unpaired) electrons. The third kappa shape index (κ3) is 18.7. The van der Waals surface area contributed by atoms with Crippen LogP contribution in [-0.4, -0.2) is 133 Å². The van der Waals surface area contributed by atoms with E-state index in [1.165, 1.54) is 23.9 Å². The number of rotatable bonds is 26. The maximum absolute atomic E-state index is 14.5. The number of nitrogens with one attached hydrogen (secondary N) is 2. The van der Waals surface area contributed by atoms with Gasteiger partial charge in [-0.2, -0.15) is 13.2 Å². The second-order valence-electron chi connectivity index (χ2n) is 22.7. The molecule has 0 spiro atoms. The molecule has 5 aromatic rings. The van der Waals surface area contributed by atoms with Crippen molar-refractivity contribution in [2.45, 2.75) is 124 Å². The number of anilines is 2. The molecule has 1 amide bonds. The topological polar surface area (TPSA) is 182 Å². The number of nitrogens with zero attached hydrogens (tertiary/aromatic N) is 3. The molecule has 7 rings (SSSR count). The lowest BCUT2D eigenvalue weighted by Crippen LogP contribution is -2.52. The number of hydrogen-bond donors (Lipinski definition) is 2. The first-order valence-corrected chi connectivity index (χ1v) is 33.8. The predicted molar refractivity (Wildman–Crippen MR) is 325 cm³/mol. The zero-order valence-corrected chi connectivity index (χ0v) is 52.9. The molecule has 2 aliphatic heterocycles. The van der Waals surface area contributed by atoms with Crippen LogP contribution in [0.25, 0.3) is 11.1 Å². The summed E-state index contributed by atoms with van der Waals surface area (Å²) < 4.78 is 144. The van der Waals surface area contributed by atoms with Crippen LogP contribution in [0.15, 0.2) is 136 Å². The Morgan fingerprint density at radius 1 is 0.833 bits per heavy atom. The molecule has 0 aromatic heterocycles. The second-order valence-corrected chi connectivity index (χ2v) is 29.3. The number of morpholine rings is 1. The highest BCUT2D eigenvalue weighted by atomic mass is 35.5. The molecule has 84 heavy (non-hydrogen) atoms. The van der Waals surface area contributed by atoms with Gasteiger partial charge in [-0.1, -0.05) is 80.0 Å². The molecule has 2 saturated heterocycles. The van der Waals surface area contributed by atoms with Crippen molar-refractivity contribution in [2.75, 3.05) is 81.8 Å². The lowest BCUT2D eigenvalue weighted by Gasteiger charge is -2.39. The zero-order valence-electron chi connectivity index (χ0n) is 48.8. The van der Waals surface area contributed by atoms with Gasteiger partial charge in [-0.25, -0.2) is 26.1 Å². The van der Waals surface area contributed by atoms with E-state index in [-0.39, 0.29) is 17.5 Å². The van der Waals surface area contributed by atoms with E-state index >= 15 is 0 Å². The van der Waals surface area contributed by atoms with Crippen molar-refractivity contribution < 1.29 is 62.4 Å². The maximum atomic E-state index is 14.5. The third-order valence-electron chi connectivity index (χ3n) is 14.2. The Balaban J connectivity index is 1.06. The lowest BCUT2D eigenvalue weighted by molar-refractivity contribution is -0.0933. The van der Waals surface area contributed by atoms with Crippen LogP contribution in [-0.2, 0) is 47.5 Å². The molecule has 0 aliphatic carbocycles. The first-order chi connectivity index (χ1) is 39.6. The Bertz CT molecular complexity index is 3220. The van der Waals surface area contributed by atoms with Crippen molar-refractivity contribution in [3.8, 4) is 11.1 Å². The Morgan fingerprint density at radius 2 is 1.46 bits per heavy atom. The number of amides is 1. The minimum atomic E-state index is -6.14. The molecule has 0 bridgehead atoms. The number of likely N-dealkylation sites (N-methyl/N-ethyl adjacent to an activating group) is 1. The second kappa shape index (κ2) is 29.0. The van der Waals surface area contributed by atoms with Gasteiger partial charge in [-0.15, -0.1) is 11.8 Å². The van der Waals surface area contributed by atoms with Gasteiger partial charge in [0.1, 0.15) is 4.90 Å². The number of thioether (sulfide) groups is 1. The number of benzene rings is 5. The van der Waals surface area contributed by atoms with Crippen molar-refractivity contribution in [3.05, 3.63) is 137 Å². The maximum Gasteiger partial charge on any atom is 0.501 e. The molecule has 2 aliphatic rings. The van der Waals surface area contributed by atoms with Gasteiger partial charge in [-0.3, -0.25) is 23.3 Å². The number of phosphoric acid groups is 1. The molecule has 0 unspecified atom stereocenters. The lowest BCUT2D eigenvalue weighted by atomic mass is 9.84. The Hall–Kier alpha value is -4.55. The minimum Gasteiger partial charge on any atom is -0.380 e. The summed E-state index contributed by atoms with van der Waals surface area (Å²) in [4.78, 5) is 19.1. The SMILES string of the molecule is CCN(CC)C[C@H]1COCCN1CC[C@H](CSc1ccccc1)Nc1ccc(S(=O)(=O)NC(=O)c2ccc(N3CCC([C@@H](OCOP(=O)(OC(C)(C)C)OC(C)(C)C)c4ccccc4-c4ccc(Cl)cc4)CC3)cc2)cc1S(=O)(=O)C(F)(F)F. The van der Waals surface area contributed by atoms with Gasteiger partial charge in [0.2, 0.25) is 0 Å². The molecule has 16 nitrogen and oxygen atoms in total. The van der Waals surface area contributed by atoms with Crippen LogP contribution >= 0.6 is 31.2 Å². The van der Waals surface area contributed by atoms with Crippen molar-refractivity contribution in [1.82, 2.24) is 14.5 Å². The largest absolute Gasteiger partial charge is 0.501 e. The van der Waals surface area contributed by atoms with Crippen LogP contribution in [0.5, 0.6) is 0 Å². The van der Waals surface area contributed by atoms with Gasteiger partial charge in [0.15, 0.2) is 6.79 Å². The Morgan fingerprint density at radius 3 is 2.08 bits per heavy atom. The standard InChI is InChI=1S/C60H78ClF3N5O11PS3/c1-9-67(10-2)39-49-40-76-37-36-69(49)35-32-47(41-82-50-16-12-11-13-17-50)65-54-29-28-51(38-55(54)83(72,73)60(62,63)64)84(74,75)66-57(70)45-22-26-48(27-23-45)68-33-30-44(31-34-68)56(53-19-15-14-18-52(53)43-20-24-46(61)25-21-43)77-42-78-81(71,79-58(3,4)5)80-59(6,7)8/h11-29,38,44,47,49,56,65H,9-10,30-37,39-42H2,1-8H3,(H,66,70)/t47-,49+,56-/m1/s1. The number of ether oxygens (including phenoxy) is 2. The average molecular weight is 1260 g/mol. The molecule has 460 valence electrons. The highest BCUT2D eigenvalue weighted by Gasteiger charge is 2.49. The molecule has 5 aromatic carbocycles. The summed E-state index contributed by atoms with van der Waals surface area (Å²) in [6, 6.07) is 32.7. The fourth-order valence-corrected chi connectivity index (χ4v) is 14.9. The molecule has 2 heterocycles. The van der Waals surface area contributed by atoms with E-state index in [2.05, 4.69) is 33.9 Å². The fourth-order valence-electron chi connectivity index (χ4n) is 10.1. The number of piperidine rings is 1. The van der Waals surface area contributed by atoms with E-state index < -0.39 is 84.7 Å². The molecule has 2 fully saturated rings. The van der Waals surface area contributed by atoms with Gasteiger partial charge >= 0.3 is 13.3 Å². The number of carbonyl (C=O) groups excluding carboxylic acids is 1.